The predicted octanol–water partition coefficient (Wildman–Crippen LogP) is 6.01. The molecule has 3 aromatic rings. The van der Waals surface area contributed by atoms with E-state index in [1.165, 1.54) is 11.1 Å². The highest BCUT2D eigenvalue weighted by Gasteiger charge is 2.35. The van der Waals surface area contributed by atoms with Gasteiger partial charge in [-0.2, -0.15) is 0 Å². The van der Waals surface area contributed by atoms with Crippen LogP contribution in [0.1, 0.15) is 47.6 Å². The second-order valence-corrected chi connectivity index (χ2v) is 7.68. The molecule has 0 radical (unpaired) electrons. The number of carbonyl (C=O) groups excluding carboxylic acids is 1. The lowest BCUT2D eigenvalue weighted by molar-refractivity contribution is -0.135. The van der Waals surface area contributed by atoms with Crippen molar-refractivity contribution in [3.63, 3.8) is 0 Å². The lowest BCUT2D eigenvalue weighted by Crippen LogP contribution is -2.43. The fourth-order valence-corrected chi connectivity index (χ4v) is 4.51. The highest BCUT2D eigenvalue weighted by molar-refractivity contribution is 6.31. The van der Waals surface area contributed by atoms with Crippen LogP contribution in [0.3, 0.4) is 0 Å². The van der Waals surface area contributed by atoms with Crippen LogP contribution in [0.2, 0.25) is 5.02 Å². The summed E-state index contributed by atoms with van der Waals surface area (Å²) in [6, 6.07) is 26.2. The molecule has 0 spiro atoms. The van der Waals surface area contributed by atoms with Crippen LogP contribution in [-0.4, -0.2) is 17.4 Å². The van der Waals surface area contributed by atoms with Gasteiger partial charge in [-0.3, -0.25) is 4.79 Å². The van der Waals surface area contributed by atoms with Crippen molar-refractivity contribution in [1.29, 1.82) is 0 Å². The van der Waals surface area contributed by atoms with Gasteiger partial charge in [0.15, 0.2) is 0 Å². The molecular weight excluding hydrogens is 366 g/mol. The largest absolute Gasteiger partial charge is 0.331 e. The Bertz CT molecular complexity index is 969. The summed E-state index contributed by atoms with van der Waals surface area (Å²) in [7, 11) is 0. The second-order valence-electron chi connectivity index (χ2n) is 7.28. The van der Waals surface area contributed by atoms with Crippen molar-refractivity contribution in [3.05, 3.63) is 106 Å². The van der Waals surface area contributed by atoms with E-state index in [1.807, 2.05) is 53.4 Å². The smallest absolute Gasteiger partial charge is 0.230 e. The van der Waals surface area contributed by atoms with Crippen LogP contribution >= 0.6 is 11.6 Å². The van der Waals surface area contributed by atoms with Crippen LogP contribution in [-0.2, 0) is 11.2 Å². The molecule has 4 rings (SSSR count). The Morgan fingerprint density at radius 2 is 1.61 bits per heavy atom. The highest BCUT2D eigenvalue weighted by Crippen LogP contribution is 2.40. The van der Waals surface area contributed by atoms with E-state index in [4.69, 9.17) is 11.6 Å². The Kier molecular flexibility index (Phi) is 5.50. The summed E-state index contributed by atoms with van der Waals surface area (Å²) in [5.41, 5.74) is 4.54. The van der Waals surface area contributed by atoms with Gasteiger partial charge in [0, 0.05) is 11.6 Å². The molecule has 1 amide bonds. The zero-order valence-corrected chi connectivity index (χ0v) is 16.8. The number of rotatable bonds is 4. The highest BCUT2D eigenvalue weighted by atomic mass is 35.5. The summed E-state index contributed by atoms with van der Waals surface area (Å²) < 4.78 is 0. The van der Waals surface area contributed by atoms with E-state index in [-0.39, 0.29) is 17.9 Å². The molecule has 3 heteroatoms. The molecule has 1 heterocycles. The lowest BCUT2D eigenvalue weighted by Gasteiger charge is -2.40. The van der Waals surface area contributed by atoms with Gasteiger partial charge in [0.2, 0.25) is 5.91 Å². The van der Waals surface area contributed by atoms with Crippen molar-refractivity contribution >= 4 is 17.5 Å². The van der Waals surface area contributed by atoms with Crippen LogP contribution in [0.4, 0.5) is 0 Å². The molecule has 0 bridgehead atoms. The molecule has 2 atom stereocenters. The third-order valence-corrected chi connectivity index (χ3v) is 6.02. The Morgan fingerprint density at radius 1 is 0.964 bits per heavy atom. The van der Waals surface area contributed by atoms with E-state index in [2.05, 4.69) is 37.3 Å². The molecule has 1 aliphatic heterocycles. The van der Waals surface area contributed by atoms with Crippen LogP contribution in [0.25, 0.3) is 0 Å². The monoisotopic (exact) mass is 389 g/mol. The molecular formula is C25H24ClNO. The maximum absolute atomic E-state index is 13.7. The van der Waals surface area contributed by atoms with Gasteiger partial charge in [-0.25, -0.2) is 0 Å². The van der Waals surface area contributed by atoms with Gasteiger partial charge in [-0.1, -0.05) is 91.3 Å². The summed E-state index contributed by atoms with van der Waals surface area (Å²) >= 11 is 6.59. The van der Waals surface area contributed by atoms with Crippen molar-refractivity contribution in [2.75, 3.05) is 6.54 Å². The first-order chi connectivity index (χ1) is 13.7. The molecule has 0 saturated carbocycles. The predicted molar refractivity (Wildman–Crippen MR) is 115 cm³/mol. The zero-order valence-electron chi connectivity index (χ0n) is 16.0. The number of hydrogen-bond acceptors (Lipinski definition) is 1. The molecule has 0 N–H and O–H groups in total. The Labute approximate surface area is 171 Å². The van der Waals surface area contributed by atoms with Crippen LogP contribution in [0.15, 0.2) is 78.9 Å². The first kappa shape index (κ1) is 18.8. The van der Waals surface area contributed by atoms with Gasteiger partial charge in [0.05, 0.1) is 12.0 Å². The number of halogens is 1. The van der Waals surface area contributed by atoms with E-state index in [1.54, 1.807) is 0 Å². The first-order valence-electron chi connectivity index (χ1n) is 9.88. The maximum atomic E-state index is 13.7. The number of hydrogen-bond donors (Lipinski definition) is 0. The Balaban J connectivity index is 1.79. The number of nitrogens with zero attached hydrogens (tertiary/aromatic N) is 1. The molecule has 142 valence electrons. The van der Waals surface area contributed by atoms with Gasteiger partial charge in [0.1, 0.15) is 0 Å². The fraction of sp³-hybridized carbons (Fsp3) is 0.240. The summed E-state index contributed by atoms with van der Waals surface area (Å²) in [6.07, 6.45) is 1.64. The van der Waals surface area contributed by atoms with Crippen molar-refractivity contribution in [3.8, 4) is 0 Å². The molecule has 0 aromatic heterocycles. The van der Waals surface area contributed by atoms with E-state index >= 15 is 0 Å². The number of benzene rings is 3. The summed E-state index contributed by atoms with van der Waals surface area (Å²) in [5, 5.41) is 0.703. The maximum Gasteiger partial charge on any atom is 0.230 e. The molecule has 0 saturated heterocycles. The van der Waals surface area contributed by atoms with Crippen molar-refractivity contribution in [2.24, 2.45) is 0 Å². The second kappa shape index (κ2) is 8.20. The van der Waals surface area contributed by atoms with E-state index < -0.39 is 0 Å². The summed E-state index contributed by atoms with van der Waals surface area (Å²) in [6.45, 7) is 2.78. The average molecular weight is 390 g/mol. The summed E-state index contributed by atoms with van der Waals surface area (Å²) in [4.78, 5) is 15.7. The van der Waals surface area contributed by atoms with Gasteiger partial charge >= 0.3 is 0 Å². The molecule has 3 aromatic carbocycles. The number of carbonyl (C=O) groups is 1. The molecule has 1 aliphatic rings. The molecule has 0 aliphatic carbocycles. The van der Waals surface area contributed by atoms with Crippen LogP contribution in [0.5, 0.6) is 0 Å². The Morgan fingerprint density at radius 3 is 2.32 bits per heavy atom. The average Bonchev–Trinajstić information content (AvgIpc) is 2.74. The first-order valence-corrected chi connectivity index (χ1v) is 10.3. The van der Waals surface area contributed by atoms with Gasteiger partial charge in [0.25, 0.3) is 0 Å². The molecule has 2 nitrogen and oxygen atoms in total. The topological polar surface area (TPSA) is 20.3 Å². The minimum absolute atomic E-state index is 0.142. The summed E-state index contributed by atoms with van der Waals surface area (Å²) in [5.74, 6) is 0.0320. The zero-order chi connectivity index (χ0) is 19.5. The van der Waals surface area contributed by atoms with E-state index in [0.717, 1.165) is 24.0 Å². The lowest BCUT2D eigenvalue weighted by atomic mass is 9.86. The number of fused-ring (bicyclic) bond motifs is 1. The van der Waals surface area contributed by atoms with E-state index in [9.17, 15) is 4.79 Å². The normalized spacial score (nSPS) is 17.1. The molecule has 28 heavy (non-hydrogen) atoms. The van der Waals surface area contributed by atoms with Crippen molar-refractivity contribution in [1.82, 2.24) is 4.90 Å². The standard InChI is InChI=1S/C25H24ClNO/c1-2-20(18-10-4-3-5-11-18)25(28)27-17-16-19-12-6-7-13-21(19)24(27)22-14-8-9-15-23(22)26/h3-15,20,24H,2,16-17H2,1H3. The number of amides is 1. The quantitative estimate of drug-likeness (QED) is 0.535. The molecule has 2 unspecified atom stereocenters. The van der Waals surface area contributed by atoms with Crippen molar-refractivity contribution < 1.29 is 4.79 Å². The third-order valence-electron chi connectivity index (χ3n) is 5.67. The van der Waals surface area contributed by atoms with Gasteiger partial charge in [-0.15, -0.1) is 0 Å². The van der Waals surface area contributed by atoms with Crippen LogP contribution < -0.4 is 0 Å². The van der Waals surface area contributed by atoms with Crippen LogP contribution in [0, 0.1) is 0 Å². The SMILES string of the molecule is CCC(C(=O)N1CCc2ccccc2C1c1ccccc1Cl)c1ccccc1. The van der Waals surface area contributed by atoms with E-state index in [0.29, 0.717) is 11.6 Å². The van der Waals surface area contributed by atoms with Gasteiger partial charge < -0.3 is 4.90 Å². The minimum Gasteiger partial charge on any atom is -0.331 e. The van der Waals surface area contributed by atoms with Crippen molar-refractivity contribution in [2.45, 2.75) is 31.7 Å². The fourth-order valence-electron chi connectivity index (χ4n) is 4.27. The van der Waals surface area contributed by atoms with Gasteiger partial charge in [-0.05, 0) is 41.2 Å². The third kappa shape index (κ3) is 3.45. The molecule has 0 fully saturated rings. The minimum atomic E-state index is -0.149. The Hall–Kier alpha value is -2.58.